The third kappa shape index (κ3) is 4.14. The van der Waals surface area contributed by atoms with Crippen molar-refractivity contribution in [1.29, 1.82) is 0 Å². The number of fused-ring (bicyclic) bond motifs is 1. The summed E-state index contributed by atoms with van der Waals surface area (Å²) in [6.07, 6.45) is 0.914. The van der Waals surface area contributed by atoms with E-state index < -0.39 is 22.0 Å². The van der Waals surface area contributed by atoms with Gasteiger partial charge in [-0.25, -0.2) is 8.42 Å². The van der Waals surface area contributed by atoms with Crippen molar-refractivity contribution in [2.45, 2.75) is 30.8 Å². The Hall–Kier alpha value is -2.58. The molecule has 0 spiro atoms. The zero-order valence-electron chi connectivity index (χ0n) is 14.3. The fourth-order valence-electron chi connectivity index (χ4n) is 2.53. The maximum Gasteiger partial charge on any atom is 0.279 e. The molecule has 0 saturated heterocycles. The van der Waals surface area contributed by atoms with Crippen LogP contribution in [0.3, 0.4) is 0 Å². The molecule has 26 heavy (non-hydrogen) atoms. The number of aryl methyl sites for hydroxylation is 1. The normalized spacial score (nSPS) is 16.1. The van der Waals surface area contributed by atoms with Crippen molar-refractivity contribution >= 4 is 15.9 Å². The van der Waals surface area contributed by atoms with E-state index in [4.69, 9.17) is 9.47 Å². The quantitative estimate of drug-likeness (QED) is 0.750. The highest BCUT2D eigenvalue weighted by Crippen LogP contribution is 2.30. The molecular weight excluding hydrogens is 356 g/mol. The zero-order chi connectivity index (χ0) is 18.6. The minimum Gasteiger partial charge on any atom is -0.485 e. The summed E-state index contributed by atoms with van der Waals surface area (Å²) >= 11 is 0. The summed E-state index contributed by atoms with van der Waals surface area (Å²) in [6, 6.07) is 13.5. The number of benzene rings is 2. The molecule has 1 heterocycles. The van der Waals surface area contributed by atoms with Crippen molar-refractivity contribution in [3.05, 3.63) is 54.1 Å². The fraction of sp³-hybridized carbons (Fsp3) is 0.278. The van der Waals surface area contributed by atoms with Gasteiger partial charge in [0.1, 0.15) is 6.61 Å². The zero-order valence-corrected chi connectivity index (χ0v) is 15.1. The number of para-hydroxylation sites is 2. The van der Waals surface area contributed by atoms with Crippen molar-refractivity contribution in [2.24, 2.45) is 0 Å². The van der Waals surface area contributed by atoms with E-state index >= 15 is 0 Å². The molecule has 0 fully saturated rings. The number of amides is 1. The highest BCUT2D eigenvalue weighted by molar-refractivity contribution is 7.89. The standard InChI is InChI=1S/C18H20N2O5S/c1-2-5-13-8-10-14(11-9-13)26(22,23)20-19-18(21)17-12-24-15-6-3-4-7-16(15)25-17/h3-4,6-11,17,20H,2,5,12H2,1H3,(H,19,21)/t17-/m1/s1. The summed E-state index contributed by atoms with van der Waals surface area (Å²) < 4.78 is 35.6. The maximum absolute atomic E-state index is 12.3. The van der Waals surface area contributed by atoms with Crippen LogP contribution >= 0.6 is 0 Å². The Morgan fingerprint density at radius 2 is 1.81 bits per heavy atom. The van der Waals surface area contributed by atoms with E-state index in [0.717, 1.165) is 18.4 Å². The lowest BCUT2D eigenvalue weighted by molar-refractivity contribution is -0.130. The van der Waals surface area contributed by atoms with Gasteiger partial charge in [0.05, 0.1) is 4.90 Å². The van der Waals surface area contributed by atoms with Crippen LogP contribution in [0.25, 0.3) is 0 Å². The van der Waals surface area contributed by atoms with Crippen LogP contribution in [-0.4, -0.2) is 27.0 Å². The molecule has 1 aliphatic rings. The highest BCUT2D eigenvalue weighted by Gasteiger charge is 2.28. The van der Waals surface area contributed by atoms with Gasteiger partial charge >= 0.3 is 0 Å². The predicted molar refractivity (Wildman–Crippen MR) is 95.3 cm³/mol. The number of rotatable bonds is 6. The second-order valence-electron chi connectivity index (χ2n) is 5.85. The second kappa shape index (κ2) is 7.76. The van der Waals surface area contributed by atoms with E-state index in [0.29, 0.717) is 11.5 Å². The molecule has 7 nitrogen and oxygen atoms in total. The van der Waals surface area contributed by atoms with Gasteiger partial charge in [0.2, 0.25) is 6.10 Å². The Morgan fingerprint density at radius 3 is 2.50 bits per heavy atom. The summed E-state index contributed by atoms with van der Waals surface area (Å²) in [7, 11) is -3.86. The highest BCUT2D eigenvalue weighted by atomic mass is 32.2. The first-order valence-corrected chi connectivity index (χ1v) is 9.77. The third-order valence-corrected chi connectivity index (χ3v) is 5.15. The summed E-state index contributed by atoms with van der Waals surface area (Å²) in [5.41, 5.74) is 3.24. The van der Waals surface area contributed by atoms with E-state index in [1.165, 1.54) is 12.1 Å². The molecule has 2 aromatic rings. The second-order valence-corrected chi connectivity index (χ2v) is 7.54. The van der Waals surface area contributed by atoms with Crippen LogP contribution in [0, 0.1) is 0 Å². The molecule has 138 valence electrons. The molecule has 0 saturated carbocycles. The Kier molecular flexibility index (Phi) is 5.43. The third-order valence-electron chi connectivity index (χ3n) is 3.88. The lowest BCUT2D eigenvalue weighted by atomic mass is 10.1. The number of ether oxygens (including phenoxy) is 2. The number of carbonyl (C=O) groups is 1. The van der Waals surface area contributed by atoms with Crippen LogP contribution in [0.5, 0.6) is 11.5 Å². The number of carbonyl (C=O) groups excluding carboxylic acids is 1. The summed E-state index contributed by atoms with van der Waals surface area (Å²) in [6.45, 7) is 2.05. The van der Waals surface area contributed by atoms with E-state index in [9.17, 15) is 13.2 Å². The van der Waals surface area contributed by atoms with Crippen molar-refractivity contribution in [3.8, 4) is 11.5 Å². The Balaban J connectivity index is 1.60. The smallest absolute Gasteiger partial charge is 0.279 e. The molecule has 0 radical (unpaired) electrons. The van der Waals surface area contributed by atoms with Gasteiger partial charge in [-0.3, -0.25) is 10.2 Å². The first-order valence-electron chi connectivity index (χ1n) is 8.28. The number of hydrazine groups is 1. The number of hydrogen-bond donors (Lipinski definition) is 2. The van der Waals surface area contributed by atoms with Gasteiger partial charge < -0.3 is 9.47 Å². The van der Waals surface area contributed by atoms with Crippen molar-refractivity contribution in [1.82, 2.24) is 10.3 Å². The topological polar surface area (TPSA) is 93.7 Å². The van der Waals surface area contributed by atoms with Gasteiger partial charge in [-0.2, -0.15) is 0 Å². The molecule has 3 rings (SSSR count). The number of hydrogen-bond acceptors (Lipinski definition) is 5. The van der Waals surface area contributed by atoms with Crippen LogP contribution < -0.4 is 19.7 Å². The summed E-state index contributed by atoms with van der Waals surface area (Å²) in [4.78, 5) is 14.3. The van der Waals surface area contributed by atoms with Crippen molar-refractivity contribution in [2.75, 3.05) is 6.61 Å². The van der Waals surface area contributed by atoms with Crippen molar-refractivity contribution in [3.63, 3.8) is 0 Å². The molecule has 2 aromatic carbocycles. The fourth-order valence-corrected chi connectivity index (χ4v) is 3.38. The van der Waals surface area contributed by atoms with Crippen LogP contribution in [0.4, 0.5) is 0 Å². The van der Waals surface area contributed by atoms with E-state index in [2.05, 4.69) is 17.2 Å². The first kappa shape index (κ1) is 18.2. The molecule has 1 amide bonds. The van der Waals surface area contributed by atoms with Crippen LogP contribution in [-0.2, 0) is 21.2 Å². The Labute approximate surface area is 152 Å². The summed E-state index contributed by atoms with van der Waals surface area (Å²) in [5, 5.41) is 0. The predicted octanol–water partition coefficient (Wildman–Crippen LogP) is 1.79. The van der Waals surface area contributed by atoms with Gasteiger partial charge in [-0.15, -0.1) is 4.83 Å². The molecule has 1 atom stereocenters. The largest absolute Gasteiger partial charge is 0.485 e. The lowest BCUT2D eigenvalue weighted by Gasteiger charge is -2.25. The minimum absolute atomic E-state index is 0.00368. The average molecular weight is 376 g/mol. The number of sulfonamides is 1. The van der Waals surface area contributed by atoms with Crippen LogP contribution in [0.15, 0.2) is 53.4 Å². The van der Waals surface area contributed by atoms with E-state index in [1.807, 2.05) is 0 Å². The van der Waals surface area contributed by atoms with Gasteiger partial charge in [-0.1, -0.05) is 37.6 Å². The van der Waals surface area contributed by atoms with Crippen LogP contribution in [0.1, 0.15) is 18.9 Å². The lowest BCUT2D eigenvalue weighted by Crippen LogP contribution is -2.50. The summed E-state index contributed by atoms with van der Waals surface area (Å²) in [5.74, 6) is 0.350. The number of nitrogens with one attached hydrogen (secondary N) is 2. The molecule has 8 heteroatoms. The van der Waals surface area contributed by atoms with E-state index in [-0.39, 0.29) is 11.5 Å². The van der Waals surface area contributed by atoms with Gasteiger partial charge in [0.25, 0.3) is 15.9 Å². The molecule has 1 aliphatic heterocycles. The van der Waals surface area contributed by atoms with Crippen LogP contribution in [0.2, 0.25) is 0 Å². The molecule has 0 aromatic heterocycles. The van der Waals surface area contributed by atoms with E-state index in [1.54, 1.807) is 36.4 Å². The van der Waals surface area contributed by atoms with Gasteiger partial charge in [0.15, 0.2) is 11.5 Å². The Bertz CT molecular complexity index is 881. The monoisotopic (exact) mass is 376 g/mol. The van der Waals surface area contributed by atoms with Gasteiger partial charge in [0, 0.05) is 0 Å². The Morgan fingerprint density at radius 1 is 1.12 bits per heavy atom. The SMILES string of the molecule is CCCc1ccc(S(=O)(=O)NNC(=O)[C@H]2COc3ccccc3O2)cc1. The molecule has 0 bridgehead atoms. The van der Waals surface area contributed by atoms with Crippen molar-refractivity contribution < 1.29 is 22.7 Å². The minimum atomic E-state index is -3.86. The molecular formula is C18H20N2O5S. The molecule has 2 N–H and O–H groups in total. The molecule has 0 unspecified atom stereocenters. The van der Waals surface area contributed by atoms with Gasteiger partial charge in [-0.05, 0) is 36.2 Å². The first-order chi connectivity index (χ1) is 12.5. The molecule has 0 aliphatic carbocycles. The average Bonchev–Trinajstić information content (AvgIpc) is 2.66. The maximum atomic E-state index is 12.3.